The van der Waals surface area contributed by atoms with E-state index in [0.717, 1.165) is 32.7 Å². The smallest absolute Gasteiger partial charge is 0.343 e. The lowest BCUT2D eigenvalue weighted by molar-refractivity contribution is -0.119. The number of carbonyl (C=O) groups excluding carboxylic acids is 3. The van der Waals surface area contributed by atoms with Gasteiger partial charge < -0.3 is 9.84 Å². The molecule has 0 spiro atoms. The first-order chi connectivity index (χ1) is 15.5. The van der Waals surface area contributed by atoms with Crippen LogP contribution in [0, 0.1) is 0 Å². The third kappa shape index (κ3) is 3.21. The molecule has 3 aromatic carbocycles. The van der Waals surface area contributed by atoms with Crippen molar-refractivity contribution in [3.8, 4) is 16.9 Å². The van der Waals surface area contributed by atoms with Gasteiger partial charge in [0.25, 0.3) is 11.8 Å². The van der Waals surface area contributed by atoms with E-state index in [1.54, 1.807) is 36.4 Å². The van der Waals surface area contributed by atoms with E-state index in [4.69, 9.17) is 9.84 Å². The van der Waals surface area contributed by atoms with Crippen LogP contribution in [0.15, 0.2) is 72.8 Å². The van der Waals surface area contributed by atoms with Crippen LogP contribution in [-0.4, -0.2) is 22.9 Å². The molecule has 0 bridgehead atoms. The Bertz CT molecular complexity index is 1290. The zero-order chi connectivity index (χ0) is 22.4. The molecule has 6 heteroatoms. The van der Waals surface area contributed by atoms with E-state index in [1.807, 2.05) is 31.2 Å². The van der Waals surface area contributed by atoms with Gasteiger partial charge in [-0.2, -0.15) is 0 Å². The number of hydrogen-bond acceptors (Lipinski definition) is 5. The first kappa shape index (κ1) is 19.9. The second-order valence-corrected chi connectivity index (χ2v) is 7.83. The lowest BCUT2D eigenvalue weighted by Crippen LogP contribution is -2.29. The number of ether oxygens (including phenoxy) is 1. The van der Waals surface area contributed by atoms with Gasteiger partial charge in [-0.15, -0.1) is 0 Å². The van der Waals surface area contributed by atoms with Gasteiger partial charge in [0.05, 0.1) is 17.9 Å². The highest BCUT2D eigenvalue weighted by Crippen LogP contribution is 2.47. The normalized spacial score (nSPS) is 16.3. The molecule has 1 aliphatic carbocycles. The molecule has 1 atom stereocenters. The Morgan fingerprint density at radius 3 is 2.19 bits per heavy atom. The van der Waals surface area contributed by atoms with E-state index in [9.17, 15) is 14.4 Å². The summed E-state index contributed by atoms with van der Waals surface area (Å²) >= 11 is 0. The molecule has 5 rings (SSSR count). The summed E-state index contributed by atoms with van der Waals surface area (Å²) in [4.78, 5) is 37.8. The van der Waals surface area contributed by atoms with Crippen LogP contribution in [0.3, 0.4) is 0 Å². The number of anilines is 1. The number of benzene rings is 3. The highest BCUT2D eigenvalue weighted by molar-refractivity contribution is 6.28. The Morgan fingerprint density at radius 2 is 1.53 bits per heavy atom. The van der Waals surface area contributed by atoms with E-state index >= 15 is 0 Å². The fraction of sp³-hybridized carbons (Fsp3) is 0.115. The van der Waals surface area contributed by atoms with Gasteiger partial charge in [-0.25, -0.2) is 9.69 Å². The molecule has 1 heterocycles. The van der Waals surface area contributed by atoms with E-state index < -0.39 is 5.97 Å². The van der Waals surface area contributed by atoms with E-state index in [2.05, 4.69) is 0 Å². The van der Waals surface area contributed by atoms with Crippen molar-refractivity contribution < 1.29 is 24.2 Å². The molecule has 3 aromatic rings. The highest BCUT2D eigenvalue weighted by Gasteiger charge is 2.30. The van der Waals surface area contributed by atoms with Gasteiger partial charge in [-0.1, -0.05) is 31.2 Å². The van der Waals surface area contributed by atoms with Gasteiger partial charge in [-0.3, -0.25) is 9.59 Å². The van der Waals surface area contributed by atoms with Crippen LogP contribution in [0.25, 0.3) is 11.1 Å². The van der Waals surface area contributed by atoms with Crippen LogP contribution >= 0.6 is 0 Å². The average molecular weight is 425 g/mol. The Morgan fingerprint density at radius 1 is 0.906 bits per heavy atom. The summed E-state index contributed by atoms with van der Waals surface area (Å²) in [5.41, 5.74) is 5.74. The topological polar surface area (TPSA) is 83.9 Å². The lowest BCUT2D eigenvalue weighted by Gasteiger charge is -2.16. The van der Waals surface area contributed by atoms with Crippen molar-refractivity contribution in [2.24, 2.45) is 0 Å². The molecule has 2 amide bonds. The van der Waals surface area contributed by atoms with Crippen LogP contribution in [0.2, 0.25) is 0 Å². The summed E-state index contributed by atoms with van der Waals surface area (Å²) in [7, 11) is 0. The summed E-state index contributed by atoms with van der Waals surface area (Å²) in [6.45, 7) is 1.95. The molecule has 0 saturated heterocycles. The summed E-state index contributed by atoms with van der Waals surface area (Å²) in [5.74, 6) is -0.728. The largest absolute Gasteiger partial charge is 0.423 e. The first-order valence-corrected chi connectivity index (χ1v) is 10.2. The van der Waals surface area contributed by atoms with Gasteiger partial charge in [0, 0.05) is 18.1 Å². The number of nitrogens with zero attached hydrogens (tertiary/aromatic N) is 1. The summed E-state index contributed by atoms with van der Waals surface area (Å²) in [5, 5.41) is 9.14. The second-order valence-electron chi connectivity index (χ2n) is 7.83. The fourth-order valence-electron chi connectivity index (χ4n) is 4.24. The monoisotopic (exact) mass is 425 g/mol. The maximum Gasteiger partial charge on any atom is 0.343 e. The molecule has 0 fully saturated rings. The minimum Gasteiger partial charge on any atom is -0.423 e. The molecule has 32 heavy (non-hydrogen) atoms. The number of aliphatic hydroxyl groups excluding tert-OH is 1. The summed E-state index contributed by atoms with van der Waals surface area (Å²) in [6.07, 6.45) is 2.54. The number of hydrogen-bond donors (Lipinski definition) is 1. The van der Waals surface area contributed by atoms with Crippen molar-refractivity contribution in [2.75, 3.05) is 4.90 Å². The number of imide groups is 1. The fourth-order valence-corrected chi connectivity index (χ4v) is 4.24. The Kier molecular flexibility index (Phi) is 4.72. The van der Waals surface area contributed by atoms with Crippen molar-refractivity contribution in [1.29, 1.82) is 0 Å². The van der Waals surface area contributed by atoms with Crippen molar-refractivity contribution in [2.45, 2.75) is 19.4 Å². The third-order valence-electron chi connectivity index (χ3n) is 5.93. The van der Waals surface area contributed by atoms with E-state index in [0.29, 0.717) is 17.0 Å². The Labute approximate surface area is 184 Å². The van der Waals surface area contributed by atoms with Crippen LogP contribution in [0.4, 0.5) is 5.69 Å². The standard InChI is InChI=1S/C26H19NO5/c1-15-22-12-18(27-24(29)10-11-25(27)30)6-8-20(22)21-9-7-19(13-23(15)21)32-26(31)17-4-2-16(14-28)3-5-17/h2-13,15,28H,14H2,1H3. The molecular formula is C26H19NO5. The lowest BCUT2D eigenvalue weighted by atomic mass is 9.98. The minimum absolute atomic E-state index is 0.00297. The molecule has 158 valence electrons. The number of amides is 2. The number of carbonyl (C=O) groups is 3. The molecular weight excluding hydrogens is 406 g/mol. The minimum atomic E-state index is -0.474. The first-order valence-electron chi connectivity index (χ1n) is 10.2. The number of esters is 1. The quantitative estimate of drug-likeness (QED) is 0.389. The number of rotatable bonds is 4. The van der Waals surface area contributed by atoms with E-state index in [1.165, 1.54) is 12.2 Å². The zero-order valence-electron chi connectivity index (χ0n) is 17.2. The van der Waals surface area contributed by atoms with Gasteiger partial charge in [0.2, 0.25) is 0 Å². The molecule has 2 aliphatic rings. The molecule has 0 radical (unpaired) electrons. The Hall–Kier alpha value is -4.03. The van der Waals surface area contributed by atoms with Crippen LogP contribution in [-0.2, 0) is 16.2 Å². The van der Waals surface area contributed by atoms with Gasteiger partial charge in [-0.05, 0) is 64.2 Å². The maximum absolute atomic E-state index is 12.5. The van der Waals surface area contributed by atoms with Crippen molar-refractivity contribution in [3.63, 3.8) is 0 Å². The van der Waals surface area contributed by atoms with Crippen LogP contribution < -0.4 is 9.64 Å². The predicted octanol–water partition coefficient (Wildman–Crippen LogP) is 3.96. The molecule has 1 aliphatic heterocycles. The third-order valence-corrected chi connectivity index (χ3v) is 5.93. The maximum atomic E-state index is 12.5. The van der Waals surface area contributed by atoms with E-state index in [-0.39, 0.29) is 24.3 Å². The molecule has 0 aromatic heterocycles. The van der Waals surface area contributed by atoms with Crippen molar-refractivity contribution in [3.05, 3.63) is 95.1 Å². The van der Waals surface area contributed by atoms with Gasteiger partial charge >= 0.3 is 5.97 Å². The highest BCUT2D eigenvalue weighted by atomic mass is 16.5. The number of aliphatic hydroxyl groups is 1. The molecule has 1 unspecified atom stereocenters. The molecule has 6 nitrogen and oxygen atoms in total. The average Bonchev–Trinajstić information content (AvgIpc) is 3.29. The predicted molar refractivity (Wildman–Crippen MR) is 118 cm³/mol. The van der Waals surface area contributed by atoms with Crippen molar-refractivity contribution in [1.82, 2.24) is 0 Å². The zero-order valence-corrected chi connectivity index (χ0v) is 17.2. The molecule has 1 N–H and O–H groups in total. The van der Waals surface area contributed by atoms with Gasteiger partial charge in [0.15, 0.2) is 0 Å². The summed E-state index contributed by atoms with van der Waals surface area (Å²) in [6, 6.07) is 17.7. The van der Waals surface area contributed by atoms with Crippen molar-refractivity contribution >= 4 is 23.5 Å². The SMILES string of the molecule is CC1c2cc(OC(=O)c3ccc(CO)cc3)ccc2-c2ccc(N3C(=O)C=CC3=O)cc21. The number of fused-ring (bicyclic) bond motifs is 3. The second kappa shape index (κ2) is 7.59. The van der Waals surface area contributed by atoms with Crippen LogP contribution in [0.5, 0.6) is 5.75 Å². The summed E-state index contributed by atoms with van der Waals surface area (Å²) < 4.78 is 5.57. The van der Waals surface area contributed by atoms with Gasteiger partial charge in [0.1, 0.15) is 5.75 Å². The molecule has 0 saturated carbocycles. The van der Waals surface area contributed by atoms with Crippen LogP contribution in [0.1, 0.15) is 39.9 Å². The Balaban J connectivity index is 1.41.